The van der Waals surface area contributed by atoms with E-state index in [9.17, 15) is 13.2 Å². The van der Waals surface area contributed by atoms with Gasteiger partial charge >= 0.3 is 0 Å². The molecule has 0 aliphatic carbocycles. The number of rotatable bonds is 5. The highest BCUT2D eigenvalue weighted by Crippen LogP contribution is 2.29. The summed E-state index contributed by atoms with van der Waals surface area (Å²) in [4.78, 5) is 15.0. The van der Waals surface area contributed by atoms with Gasteiger partial charge in [0.1, 0.15) is 0 Å². The molecule has 0 saturated carbocycles. The molecule has 1 saturated heterocycles. The van der Waals surface area contributed by atoms with Crippen LogP contribution in [0.1, 0.15) is 45.6 Å². The minimum atomic E-state index is -3.60. The lowest BCUT2D eigenvalue weighted by Crippen LogP contribution is -2.50. The average molecular weight is 447 g/mol. The molecular weight excluding hydrogens is 412 g/mol. The molecule has 1 aliphatic heterocycles. The van der Waals surface area contributed by atoms with Crippen LogP contribution in [-0.2, 0) is 28.3 Å². The van der Waals surface area contributed by atoms with Crippen LogP contribution in [0.4, 0.5) is 0 Å². The van der Waals surface area contributed by atoms with E-state index in [1.54, 1.807) is 4.90 Å². The van der Waals surface area contributed by atoms with Gasteiger partial charge in [-0.05, 0) is 75.8 Å². The van der Waals surface area contributed by atoms with Crippen molar-refractivity contribution in [3.05, 3.63) is 45.3 Å². The van der Waals surface area contributed by atoms with Crippen molar-refractivity contribution >= 4 is 15.9 Å². The summed E-state index contributed by atoms with van der Waals surface area (Å²) >= 11 is 0. The highest BCUT2D eigenvalue weighted by molar-refractivity contribution is 7.89. The van der Waals surface area contributed by atoms with Gasteiger partial charge in [0.05, 0.1) is 10.6 Å². The van der Waals surface area contributed by atoms with E-state index in [0.29, 0.717) is 43.9 Å². The first-order valence-electron chi connectivity index (χ1n) is 10.8. The van der Waals surface area contributed by atoms with E-state index in [1.165, 1.54) is 4.31 Å². The third kappa shape index (κ3) is 4.41. The van der Waals surface area contributed by atoms with Gasteiger partial charge in [-0.25, -0.2) is 8.42 Å². The Bertz CT molecular complexity index is 1080. The van der Waals surface area contributed by atoms with Gasteiger partial charge < -0.3 is 4.90 Å². The molecule has 0 bridgehead atoms. The second kappa shape index (κ2) is 8.74. The van der Waals surface area contributed by atoms with Crippen molar-refractivity contribution < 1.29 is 13.2 Å². The van der Waals surface area contributed by atoms with Crippen molar-refractivity contribution in [1.29, 1.82) is 0 Å². The van der Waals surface area contributed by atoms with E-state index in [4.69, 9.17) is 0 Å². The van der Waals surface area contributed by atoms with E-state index in [2.05, 4.69) is 5.10 Å². The zero-order chi connectivity index (χ0) is 23.1. The highest BCUT2D eigenvalue weighted by atomic mass is 32.2. The van der Waals surface area contributed by atoms with Crippen molar-refractivity contribution in [2.45, 2.75) is 59.3 Å². The number of piperazine rings is 1. The number of carbonyl (C=O) groups excluding carboxylic acids is 1. The fraction of sp³-hybridized carbons (Fsp3) is 0.565. The van der Waals surface area contributed by atoms with Crippen LogP contribution in [0.25, 0.3) is 0 Å². The molecule has 1 fully saturated rings. The molecule has 1 aromatic carbocycles. The Hall–Kier alpha value is -2.19. The third-order valence-electron chi connectivity index (χ3n) is 6.73. The first-order valence-corrected chi connectivity index (χ1v) is 12.2. The third-order valence-corrected chi connectivity index (χ3v) is 8.91. The van der Waals surface area contributed by atoms with Crippen molar-refractivity contribution in [2.75, 3.05) is 26.2 Å². The molecule has 1 aliphatic rings. The van der Waals surface area contributed by atoms with Gasteiger partial charge in [0.25, 0.3) is 0 Å². The van der Waals surface area contributed by atoms with Crippen molar-refractivity contribution in [2.24, 2.45) is 7.05 Å². The molecule has 0 N–H and O–H groups in total. The topological polar surface area (TPSA) is 75.5 Å². The Morgan fingerprint density at radius 1 is 0.968 bits per heavy atom. The van der Waals surface area contributed by atoms with Crippen LogP contribution in [-0.4, -0.2) is 59.5 Å². The maximum Gasteiger partial charge on any atom is 0.243 e. The van der Waals surface area contributed by atoms with Gasteiger partial charge in [-0.15, -0.1) is 0 Å². The summed E-state index contributed by atoms with van der Waals surface area (Å²) in [5, 5.41) is 4.41. The summed E-state index contributed by atoms with van der Waals surface area (Å²) in [5.74, 6) is 0.0680. The average Bonchev–Trinajstić information content (AvgIpc) is 2.96. The van der Waals surface area contributed by atoms with E-state index in [1.807, 2.05) is 59.3 Å². The van der Waals surface area contributed by atoms with Crippen molar-refractivity contribution in [1.82, 2.24) is 19.0 Å². The number of carbonyl (C=O) groups is 1. The second-order valence-corrected chi connectivity index (χ2v) is 10.5. The molecule has 2 aromatic rings. The highest BCUT2D eigenvalue weighted by Gasteiger charge is 2.32. The predicted octanol–water partition coefficient (Wildman–Crippen LogP) is 2.74. The lowest BCUT2D eigenvalue weighted by Gasteiger charge is -2.35. The van der Waals surface area contributed by atoms with Gasteiger partial charge in [0.15, 0.2) is 0 Å². The molecule has 2 heterocycles. The minimum absolute atomic E-state index is 0.0680. The summed E-state index contributed by atoms with van der Waals surface area (Å²) in [6.45, 7) is 13.1. The maximum absolute atomic E-state index is 13.4. The number of hydrogen-bond acceptors (Lipinski definition) is 4. The van der Waals surface area contributed by atoms with Crippen LogP contribution in [0.5, 0.6) is 0 Å². The molecule has 1 amide bonds. The number of benzene rings is 1. The molecule has 8 heteroatoms. The number of amides is 1. The fourth-order valence-electron chi connectivity index (χ4n) is 4.44. The summed E-state index contributed by atoms with van der Waals surface area (Å²) in [6.07, 6.45) is 1.07. The molecule has 0 spiro atoms. The van der Waals surface area contributed by atoms with Gasteiger partial charge in [0, 0.05) is 45.3 Å². The fourth-order valence-corrected chi connectivity index (χ4v) is 6.44. The van der Waals surface area contributed by atoms with Crippen LogP contribution in [0.2, 0.25) is 0 Å². The molecule has 0 atom stereocenters. The van der Waals surface area contributed by atoms with Gasteiger partial charge in [-0.1, -0.05) is 6.07 Å². The Morgan fingerprint density at radius 2 is 1.52 bits per heavy atom. The zero-order valence-electron chi connectivity index (χ0n) is 19.7. The minimum Gasteiger partial charge on any atom is -0.340 e. The SMILES string of the molecule is Cc1cc(C)c(C)c(S(=O)(=O)N2CCN(C(=O)CCc3c(C)nn(C)c3C)CC2)c1C. The number of hydrogen-bond donors (Lipinski definition) is 0. The number of aromatic nitrogens is 2. The Morgan fingerprint density at radius 3 is 2.00 bits per heavy atom. The van der Waals surface area contributed by atoms with E-state index in [0.717, 1.165) is 39.2 Å². The Kier molecular flexibility index (Phi) is 6.62. The number of sulfonamides is 1. The molecule has 170 valence electrons. The van der Waals surface area contributed by atoms with Crippen molar-refractivity contribution in [3.63, 3.8) is 0 Å². The molecule has 3 rings (SSSR count). The zero-order valence-corrected chi connectivity index (χ0v) is 20.6. The predicted molar refractivity (Wildman–Crippen MR) is 122 cm³/mol. The first kappa shape index (κ1) is 23.5. The van der Waals surface area contributed by atoms with Gasteiger partial charge in [-0.2, -0.15) is 9.40 Å². The molecule has 7 nitrogen and oxygen atoms in total. The summed E-state index contributed by atoms with van der Waals surface area (Å²) in [6, 6.07) is 2.03. The number of nitrogens with zero attached hydrogens (tertiary/aromatic N) is 4. The van der Waals surface area contributed by atoms with E-state index >= 15 is 0 Å². The smallest absolute Gasteiger partial charge is 0.243 e. The summed E-state index contributed by atoms with van der Waals surface area (Å²) in [7, 11) is -1.69. The molecule has 31 heavy (non-hydrogen) atoms. The van der Waals surface area contributed by atoms with Gasteiger partial charge in [0.2, 0.25) is 15.9 Å². The monoisotopic (exact) mass is 446 g/mol. The molecular formula is C23H34N4O3S. The lowest BCUT2D eigenvalue weighted by atomic mass is 10.0. The summed E-state index contributed by atoms with van der Waals surface area (Å²) < 4.78 is 30.2. The van der Waals surface area contributed by atoms with Crippen molar-refractivity contribution in [3.8, 4) is 0 Å². The Labute approximate surface area is 186 Å². The summed E-state index contributed by atoms with van der Waals surface area (Å²) in [5.41, 5.74) is 6.75. The van der Waals surface area contributed by atoms with E-state index in [-0.39, 0.29) is 5.91 Å². The molecule has 0 unspecified atom stereocenters. The Balaban J connectivity index is 1.67. The van der Waals surface area contributed by atoms with Crippen LogP contribution in [0, 0.1) is 41.5 Å². The standard InChI is InChI=1S/C23H34N4O3S/c1-15-14-16(2)18(4)23(17(15)3)31(29,30)27-12-10-26(11-13-27)22(28)9-8-21-19(5)24-25(7)20(21)6/h14H,8-13H2,1-7H3. The first-order chi connectivity index (χ1) is 14.4. The quantitative estimate of drug-likeness (QED) is 0.708. The molecule has 1 aromatic heterocycles. The lowest BCUT2D eigenvalue weighted by molar-refractivity contribution is -0.132. The van der Waals surface area contributed by atoms with Crippen LogP contribution in [0.15, 0.2) is 11.0 Å². The number of aryl methyl sites for hydroxylation is 4. The largest absolute Gasteiger partial charge is 0.340 e. The van der Waals surface area contributed by atoms with Crippen LogP contribution >= 0.6 is 0 Å². The normalized spacial score (nSPS) is 15.5. The van der Waals surface area contributed by atoms with Gasteiger partial charge in [-0.3, -0.25) is 9.48 Å². The van der Waals surface area contributed by atoms with E-state index < -0.39 is 10.0 Å². The molecule has 0 radical (unpaired) electrons. The second-order valence-electron chi connectivity index (χ2n) is 8.65. The van der Waals surface area contributed by atoms with Crippen LogP contribution in [0.3, 0.4) is 0 Å². The maximum atomic E-state index is 13.4. The van der Waals surface area contributed by atoms with Crippen LogP contribution < -0.4 is 0 Å².